The zero-order valence-electron chi connectivity index (χ0n) is 8.86. The standard InChI is InChI=1S/C12H18O2/c1-4-6-8-11(7-5-2)9-10(3)12(13)14/h5-8,10H,2,4,9H2,1,3H3,(H,13,14)/b8-6-,11-7+. The Balaban J connectivity index is 4.38. The second kappa shape index (κ2) is 7.13. The molecule has 0 aliphatic rings. The number of allylic oxidation sites excluding steroid dienone is 5. The predicted molar refractivity (Wildman–Crippen MR) is 59.1 cm³/mol. The van der Waals surface area contributed by atoms with Crippen molar-refractivity contribution in [3.8, 4) is 0 Å². The normalized spacial score (nSPS) is 14.3. The van der Waals surface area contributed by atoms with Crippen LogP contribution >= 0.6 is 0 Å². The van der Waals surface area contributed by atoms with Crippen LogP contribution in [-0.4, -0.2) is 11.1 Å². The first-order valence-corrected chi connectivity index (χ1v) is 4.82. The Kier molecular flexibility index (Phi) is 6.46. The lowest BCUT2D eigenvalue weighted by atomic mass is 10.0. The molecule has 0 heterocycles. The van der Waals surface area contributed by atoms with E-state index in [2.05, 4.69) is 6.58 Å². The van der Waals surface area contributed by atoms with E-state index in [9.17, 15) is 4.79 Å². The minimum Gasteiger partial charge on any atom is -0.481 e. The van der Waals surface area contributed by atoms with Gasteiger partial charge in [0.2, 0.25) is 0 Å². The molecule has 0 bridgehead atoms. The van der Waals surface area contributed by atoms with E-state index in [1.54, 1.807) is 13.0 Å². The van der Waals surface area contributed by atoms with E-state index in [1.807, 2.05) is 25.2 Å². The van der Waals surface area contributed by atoms with E-state index in [0.29, 0.717) is 6.42 Å². The van der Waals surface area contributed by atoms with Crippen LogP contribution in [0.4, 0.5) is 0 Å². The molecule has 0 aliphatic heterocycles. The maximum absolute atomic E-state index is 10.6. The monoisotopic (exact) mass is 194 g/mol. The zero-order valence-corrected chi connectivity index (χ0v) is 8.86. The molecule has 0 rings (SSSR count). The number of aliphatic carboxylic acids is 1. The van der Waals surface area contributed by atoms with Crippen LogP contribution in [0.15, 0.2) is 36.5 Å². The molecule has 0 radical (unpaired) electrons. The third-order valence-electron chi connectivity index (χ3n) is 1.86. The highest BCUT2D eigenvalue weighted by molar-refractivity contribution is 5.70. The van der Waals surface area contributed by atoms with Crippen molar-refractivity contribution >= 4 is 5.97 Å². The van der Waals surface area contributed by atoms with E-state index >= 15 is 0 Å². The summed E-state index contributed by atoms with van der Waals surface area (Å²) in [6.07, 6.45) is 9.02. The molecule has 1 atom stereocenters. The molecule has 0 aromatic rings. The molecule has 1 N–H and O–H groups in total. The minimum absolute atomic E-state index is 0.345. The molecule has 0 aliphatic carbocycles. The van der Waals surface area contributed by atoms with Crippen LogP contribution in [0, 0.1) is 5.92 Å². The van der Waals surface area contributed by atoms with Gasteiger partial charge in [0.25, 0.3) is 0 Å². The fourth-order valence-corrected chi connectivity index (χ4v) is 1.05. The van der Waals surface area contributed by atoms with Gasteiger partial charge in [0, 0.05) is 0 Å². The van der Waals surface area contributed by atoms with Crippen molar-refractivity contribution in [2.75, 3.05) is 0 Å². The Morgan fingerprint density at radius 3 is 2.64 bits per heavy atom. The van der Waals surface area contributed by atoms with Gasteiger partial charge in [0.05, 0.1) is 5.92 Å². The van der Waals surface area contributed by atoms with E-state index < -0.39 is 5.97 Å². The first-order valence-electron chi connectivity index (χ1n) is 4.82. The summed E-state index contributed by atoms with van der Waals surface area (Å²) >= 11 is 0. The number of carboxylic acid groups (broad SMARTS) is 1. The van der Waals surface area contributed by atoms with E-state index in [0.717, 1.165) is 12.0 Å². The first-order chi connectivity index (χ1) is 6.61. The van der Waals surface area contributed by atoms with Gasteiger partial charge >= 0.3 is 5.97 Å². The second-order valence-electron chi connectivity index (χ2n) is 3.23. The van der Waals surface area contributed by atoms with Gasteiger partial charge in [0.15, 0.2) is 0 Å². The lowest BCUT2D eigenvalue weighted by Gasteiger charge is -2.06. The second-order valence-corrected chi connectivity index (χ2v) is 3.23. The molecule has 0 saturated carbocycles. The zero-order chi connectivity index (χ0) is 11.0. The van der Waals surface area contributed by atoms with Crippen molar-refractivity contribution in [2.45, 2.75) is 26.7 Å². The van der Waals surface area contributed by atoms with Crippen molar-refractivity contribution in [3.63, 3.8) is 0 Å². The number of carboxylic acids is 1. The van der Waals surface area contributed by atoms with Crippen LogP contribution in [0.1, 0.15) is 26.7 Å². The van der Waals surface area contributed by atoms with Gasteiger partial charge < -0.3 is 5.11 Å². The molecule has 78 valence electrons. The largest absolute Gasteiger partial charge is 0.481 e. The van der Waals surface area contributed by atoms with Crippen LogP contribution < -0.4 is 0 Å². The molecule has 1 unspecified atom stereocenters. The van der Waals surface area contributed by atoms with Crippen molar-refractivity contribution in [1.29, 1.82) is 0 Å². The number of hydrogen-bond acceptors (Lipinski definition) is 1. The average Bonchev–Trinajstić information content (AvgIpc) is 2.14. The van der Waals surface area contributed by atoms with Gasteiger partial charge in [-0.15, -0.1) is 0 Å². The van der Waals surface area contributed by atoms with E-state index in [1.165, 1.54) is 0 Å². The third kappa shape index (κ3) is 5.36. The SMILES string of the molecule is C=C/C=C(\C=C/CC)CC(C)C(=O)O. The molecular weight excluding hydrogens is 176 g/mol. The van der Waals surface area contributed by atoms with Crippen molar-refractivity contribution < 1.29 is 9.90 Å². The molecular formula is C12H18O2. The Labute approximate surface area is 85.6 Å². The fraction of sp³-hybridized carbons (Fsp3) is 0.417. The highest BCUT2D eigenvalue weighted by atomic mass is 16.4. The summed E-state index contributed by atoms with van der Waals surface area (Å²) in [5.41, 5.74) is 1.01. The molecule has 0 aromatic heterocycles. The lowest BCUT2D eigenvalue weighted by Crippen LogP contribution is -2.09. The molecule has 14 heavy (non-hydrogen) atoms. The van der Waals surface area contributed by atoms with Gasteiger partial charge in [-0.3, -0.25) is 4.79 Å². The summed E-state index contributed by atoms with van der Waals surface area (Å²) in [6, 6.07) is 0. The smallest absolute Gasteiger partial charge is 0.306 e. The molecule has 0 saturated heterocycles. The van der Waals surface area contributed by atoms with Gasteiger partial charge in [-0.1, -0.05) is 44.7 Å². The lowest BCUT2D eigenvalue weighted by molar-refractivity contribution is -0.141. The summed E-state index contributed by atoms with van der Waals surface area (Å²) in [4.78, 5) is 10.6. The van der Waals surface area contributed by atoms with Crippen LogP contribution in [0.5, 0.6) is 0 Å². The van der Waals surface area contributed by atoms with E-state index in [-0.39, 0.29) is 5.92 Å². The minimum atomic E-state index is -0.759. The third-order valence-corrected chi connectivity index (χ3v) is 1.86. The maximum atomic E-state index is 10.6. The Hall–Kier alpha value is -1.31. The van der Waals surface area contributed by atoms with Crippen molar-refractivity contribution in [1.82, 2.24) is 0 Å². The highest BCUT2D eigenvalue weighted by Crippen LogP contribution is 2.13. The number of rotatable bonds is 6. The van der Waals surface area contributed by atoms with E-state index in [4.69, 9.17) is 5.11 Å². The van der Waals surface area contributed by atoms with Crippen LogP contribution in [0.25, 0.3) is 0 Å². The highest BCUT2D eigenvalue weighted by Gasteiger charge is 2.11. The molecule has 0 spiro atoms. The summed E-state index contributed by atoms with van der Waals surface area (Å²) in [7, 11) is 0. The molecule has 0 fully saturated rings. The summed E-state index contributed by atoms with van der Waals surface area (Å²) < 4.78 is 0. The first kappa shape index (κ1) is 12.7. The molecule has 0 amide bonds. The van der Waals surface area contributed by atoms with Gasteiger partial charge in [0.1, 0.15) is 0 Å². The van der Waals surface area contributed by atoms with Gasteiger partial charge in [-0.2, -0.15) is 0 Å². The quantitative estimate of drug-likeness (QED) is 0.659. The Morgan fingerprint density at radius 1 is 1.57 bits per heavy atom. The topological polar surface area (TPSA) is 37.3 Å². The molecule has 0 aromatic carbocycles. The van der Waals surface area contributed by atoms with Crippen LogP contribution in [-0.2, 0) is 4.79 Å². The summed E-state index contributed by atoms with van der Waals surface area (Å²) in [6.45, 7) is 7.35. The van der Waals surface area contributed by atoms with Crippen LogP contribution in [0.2, 0.25) is 0 Å². The Morgan fingerprint density at radius 2 is 2.21 bits per heavy atom. The molecule has 2 nitrogen and oxygen atoms in total. The van der Waals surface area contributed by atoms with Crippen LogP contribution in [0.3, 0.4) is 0 Å². The summed E-state index contributed by atoms with van der Waals surface area (Å²) in [5, 5.41) is 8.75. The van der Waals surface area contributed by atoms with Crippen molar-refractivity contribution in [2.24, 2.45) is 5.92 Å². The average molecular weight is 194 g/mol. The number of hydrogen-bond donors (Lipinski definition) is 1. The summed E-state index contributed by atoms with van der Waals surface area (Å²) in [5.74, 6) is -1.10. The maximum Gasteiger partial charge on any atom is 0.306 e. The van der Waals surface area contributed by atoms with Gasteiger partial charge in [-0.05, 0) is 18.4 Å². The van der Waals surface area contributed by atoms with Crippen molar-refractivity contribution in [3.05, 3.63) is 36.5 Å². The fourth-order valence-electron chi connectivity index (χ4n) is 1.05. The molecule has 2 heteroatoms. The van der Waals surface area contributed by atoms with Gasteiger partial charge in [-0.25, -0.2) is 0 Å². The number of carbonyl (C=O) groups is 1. The Bertz CT molecular complexity index is 249. The predicted octanol–water partition coefficient (Wildman–Crippen LogP) is 3.18.